The summed E-state index contributed by atoms with van der Waals surface area (Å²) in [5.74, 6) is -0.832. The standard InChI is InChI=1S/C14H15Cl2NO3S/c1-7(2)13-17(11(6-21-13)14(19)20)12(18)9-4-3-8(15)5-10(9)16/h3-5,7,11,13H,6H2,1-2H3,(H,19,20). The first-order valence-corrected chi connectivity index (χ1v) is 8.25. The predicted molar refractivity (Wildman–Crippen MR) is 85.1 cm³/mol. The summed E-state index contributed by atoms with van der Waals surface area (Å²) in [6.07, 6.45) is 0. The van der Waals surface area contributed by atoms with Crippen molar-refractivity contribution < 1.29 is 14.7 Å². The van der Waals surface area contributed by atoms with Crippen LogP contribution >= 0.6 is 35.0 Å². The van der Waals surface area contributed by atoms with Gasteiger partial charge in [0.15, 0.2) is 0 Å². The Balaban J connectivity index is 2.39. The van der Waals surface area contributed by atoms with Crippen molar-refractivity contribution >= 4 is 46.8 Å². The molecule has 1 aliphatic heterocycles. The second-order valence-electron chi connectivity index (χ2n) is 5.16. The minimum Gasteiger partial charge on any atom is -0.480 e. The number of carbonyl (C=O) groups excluding carboxylic acids is 1. The molecule has 1 heterocycles. The second-order valence-corrected chi connectivity index (χ2v) is 7.15. The largest absolute Gasteiger partial charge is 0.480 e. The van der Waals surface area contributed by atoms with Crippen molar-refractivity contribution in [3.63, 3.8) is 0 Å². The van der Waals surface area contributed by atoms with Crippen LogP contribution in [0.1, 0.15) is 24.2 Å². The van der Waals surface area contributed by atoms with Crippen LogP contribution in [0, 0.1) is 5.92 Å². The fourth-order valence-corrected chi connectivity index (χ4v) is 4.25. The van der Waals surface area contributed by atoms with E-state index in [9.17, 15) is 14.7 Å². The molecule has 0 spiro atoms. The smallest absolute Gasteiger partial charge is 0.327 e. The van der Waals surface area contributed by atoms with E-state index in [0.29, 0.717) is 10.8 Å². The molecule has 1 N–H and O–H groups in total. The average Bonchev–Trinajstić information content (AvgIpc) is 2.82. The summed E-state index contributed by atoms with van der Waals surface area (Å²) >= 11 is 13.4. The van der Waals surface area contributed by atoms with E-state index < -0.39 is 12.0 Å². The molecular weight excluding hydrogens is 333 g/mol. The van der Waals surface area contributed by atoms with Gasteiger partial charge in [0.2, 0.25) is 0 Å². The zero-order valence-corrected chi connectivity index (χ0v) is 13.9. The lowest BCUT2D eigenvalue weighted by Crippen LogP contribution is -2.47. The van der Waals surface area contributed by atoms with Crippen molar-refractivity contribution in [2.75, 3.05) is 5.75 Å². The fourth-order valence-electron chi connectivity index (χ4n) is 2.29. The SMILES string of the molecule is CC(C)C1SCC(C(=O)O)N1C(=O)c1ccc(Cl)cc1Cl. The molecule has 0 radical (unpaired) electrons. The van der Waals surface area contributed by atoms with Gasteiger partial charge < -0.3 is 10.0 Å². The van der Waals surface area contributed by atoms with E-state index in [4.69, 9.17) is 23.2 Å². The summed E-state index contributed by atoms with van der Waals surface area (Å²) in [6, 6.07) is 3.76. The number of hydrogen-bond acceptors (Lipinski definition) is 3. The Bertz CT molecular complexity index is 579. The van der Waals surface area contributed by atoms with E-state index in [2.05, 4.69) is 0 Å². The Labute approximate surface area is 137 Å². The van der Waals surface area contributed by atoms with Crippen molar-refractivity contribution in [1.29, 1.82) is 0 Å². The van der Waals surface area contributed by atoms with Crippen LogP contribution in [-0.4, -0.2) is 39.1 Å². The van der Waals surface area contributed by atoms with Gasteiger partial charge in [0.05, 0.1) is 16.0 Å². The predicted octanol–water partition coefficient (Wildman–Crippen LogP) is 3.62. The lowest BCUT2D eigenvalue weighted by atomic mass is 10.1. The molecule has 2 unspecified atom stereocenters. The summed E-state index contributed by atoms with van der Waals surface area (Å²) < 4.78 is 0. The number of hydrogen-bond donors (Lipinski definition) is 1. The molecule has 4 nitrogen and oxygen atoms in total. The van der Waals surface area contributed by atoms with Crippen molar-refractivity contribution in [3.8, 4) is 0 Å². The van der Waals surface area contributed by atoms with Crippen LogP contribution in [0.2, 0.25) is 10.0 Å². The van der Waals surface area contributed by atoms with Crippen LogP contribution in [-0.2, 0) is 4.79 Å². The number of halogens is 2. The molecule has 0 aromatic heterocycles. The molecule has 0 bridgehead atoms. The van der Waals surface area contributed by atoms with Crippen LogP contribution in [0.4, 0.5) is 0 Å². The van der Waals surface area contributed by atoms with Gasteiger partial charge in [-0.05, 0) is 24.1 Å². The van der Waals surface area contributed by atoms with Crippen LogP contribution in [0.5, 0.6) is 0 Å². The zero-order chi connectivity index (χ0) is 15.7. The molecule has 21 heavy (non-hydrogen) atoms. The third-order valence-corrected chi connectivity index (χ3v) is 5.46. The zero-order valence-electron chi connectivity index (χ0n) is 11.5. The third kappa shape index (κ3) is 3.30. The Hall–Kier alpha value is -0.910. The number of rotatable bonds is 3. The molecule has 2 atom stereocenters. The molecule has 1 fully saturated rings. The number of aliphatic carboxylic acids is 1. The van der Waals surface area contributed by atoms with E-state index in [1.54, 1.807) is 6.07 Å². The summed E-state index contributed by atoms with van der Waals surface area (Å²) in [6.45, 7) is 3.93. The maximum absolute atomic E-state index is 12.7. The summed E-state index contributed by atoms with van der Waals surface area (Å²) in [4.78, 5) is 25.5. The molecule has 1 saturated heterocycles. The maximum Gasteiger partial charge on any atom is 0.327 e. The number of benzene rings is 1. The quantitative estimate of drug-likeness (QED) is 0.907. The molecular formula is C14H15Cl2NO3S. The van der Waals surface area contributed by atoms with Gasteiger partial charge in [0, 0.05) is 10.8 Å². The van der Waals surface area contributed by atoms with Crippen molar-refractivity contribution in [3.05, 3.63) is 33.8 Å². The van der Waals surface area contributed by atoms with Gasteiger partial charge in [-0.3, -0.25) is 4.79 Å². The van der Waals surface area contributed by atoms with Gasteiger partial charge in [0.25, 0.3) is 5.91 Å². The van der Waals surface area contributed by atoms with E-state index in [0.717, 1.165) is 0 Å². The minimum atomic E-state index is -0.996. The van der Waals surface area contributed by atoms with Gasteiger partial charge in [-0.1, -0.05) is 37.0 Å². The molecule has 1 amide bonds. The number of carboxylic acid groups (broad SMARTS) is 1. The average molecular weight is 348 g/mol. The monoisotopic (exact) mass is 347 g/mol. The number of carboxylic acids is 1. The van der Waals surface area contributed by atoms with E-state index in [1.165, 1.54) is 28.8 Å². The number of thioether (sulfide) groups is 1. The Kier molecular flexibility index (Phi) is 5.07. The van der Waals surface area contributed by atoms with Gasteiger partial charge >= 0.3 is 5.97 Å². The fraction of sp³-hybridized carbons (Fsp3) is 0.429. The van der Waals surface area contributed by atoms with Crippen molar-refractivity contribution in [1.82, 2.24) is 4.90 Å². The van der Waals surface area contributed by atoms with E-state index in [-0.39, 0.29) is 27.8 Å². The minimum absolute atomic E-state index is 0.148. The Morgan fingerprint density at radius 3 is 2.57 bits per heavy atom. The normalized spacial score (nSPS) is 21.9. The highest BCUT2D eigenvalue weighted by molar-refractivity contribution is 8.00. The van der Waals surface area contributed by atoms with Crippen LogP contribution in [0.25, 0.3) is 0 Å². The summed E-state index contributed by atoms with van der Waals surface area (Å²) in [5.41, 5.74) is 0.278. The van der Waals surface area contributed by atoms with E-state index >= 15 is 0 Å². The first kappa shape index (κ1) is 16.5. The van der Waals surface area contributed by atoms with Gasteiger partial charge in [-0.15, -0.1) is 11.8 Å². The second kappa shape index (κ2) is 6.46. The number of carbonyl (C=O) groups is 2. The highest BCUT2D eigenvalue weighted by atomic mass is 35.5. The van der Waals surface area contributed by atoms with Gasteiger partial charge in [-0.25, -0.2) is 4.79 Å². The number of nitrogens with zero attached hydrogens (tertiary/aromatic N) is 1. The van der Waals surface area contributed by atoms with Crippen molar-refractivity contribution in [2.45, 2.75) is 25.3 Å². The van der Waals surface area contributed by atoms with Crippen LogP contribution in [0.15, 0.2) is 18.2 Å². The van der Waals surface area contributed by atoms with Crippen LogP contribution in [0.3, 0.4) is 0 Å². The third-order valence-electron chi connectivity index (χ3n) is 3.29. The molecule has 2 rings (SSSR count). The van der Waals surface area contributed by atoms with E-state index in [1.807, 2.05) is 13.8 Å². The maximum atomic E-state index is 12.7. The first-order valence-electron chi connectivity index (χ1n) is 6.45. The van der Waals surface area contributed by atoms with Crippen LogP contribution < -0.4 is 0 Å². The lowest BCUT2D eigenvalue weighted by molar-refractivity contribution is -0.141. The highest BCUT2D eigenvalue weighted by Crippen LogP contribution is 2.36. The molecule has 1 aromatic rings. The number of amides is 1. The Morgan fingerprint density at radius 1 is 1.38 bits per heavy atom. The first-order chi connectivity index (χ1) is 9.82. The van der Waals surface area contributed by atoms with Gasteiger partial charge in [0.1, 0.15) is 6.04 Å². The molecule has 1 aliphatic rings. The Morgan fingerprint density at radius 2 is 2.05 bits per heavy atom. The molecule has 7 heteroatoms. The highest BCUT2D eigenvalue weighted by Gasteiger charge is 2.43. The molecule has 0 saturated carbocycles. The molecule has 0 aliphatic carbocycles. The van der Waals surface area contributed by atoms with Crippen molar-refractivity contribution in [2.24, 2.45) is 5.92 Å². The summed E-state index contributed by atoms with van der Waals surface area (Å²) in [5, 5.41) is 9.82. The topological polar surface area (TPSA) is 57.6 Å². The lowest BCUT2D eigenvalue weighted by Gasteiger charge is -2.30. The summed E-state index contributed by atoms with van der Waals surface area (Å²) in [7, 11) is 0. The molecule has 114 valence electrons. The molecule has 1 aromatic carbocycles. The van der Waals surface area contributed by atoms with Gasteiger partial charge in [-0.2, -0.15) is 0 Å².